The first-order chi connectivity index (χ1) is 6.50. The fourth-order valence-electron chi connectivity index (χ4n) is 2.66. The normalized spacial score (nSPS) is 39.0. The first-order valence-electron chi connectivity index (χ1n) is 5.88. The third kappa shape index (κ3) is 2.48. The molecule has 0 aliphatic heterocycles. The predicted octanol–water partition coefficient (Wildman–Crippen LogP) is 2.57. The minimum atomic E-state index is -0.0498. The largest absolute Gasteiger partial charge is 0.371 e. The Morgan fingerprint density at radius 2 is 2.00 bits per heavy atom. The van der Waals surface area contributed by atoms with Gasteiger partial charge in [0.25, 0.3) is 0 Å². The summed E-state index contributed by atoms with van der Waals surface area (Å²) in [7, 11) is 0. The molecule has 0 heterocycles. The fourth-order valence-corrected chi connectivity index (χ4v) is 2.66. The van der Waals surface area contributed by atoms with Crippen molar-refractivity contribution in [1.29, 1.82) is 0 Å². The summed E-state index contributed by atoms with van der Waals surface area (Å²) in [5.41, 5.74) is 5.86. The zero-order valence-corrected chi connectivity index (χ0v) is 10.0. The van der Waals surface area contributed by atoms with Crippen molar-refractivity contribution in [2.24, 2.45) is 17.6 Å². The molecule has 2 nitrogen and oxygen atoms in total. The van der Waals surface area contributed by atoms with Crippen LogP contribution in [0.2, 0.25) is 0 Å². The van der Waals surface area contributed by atoms with Crippen LogP contribution in [0.15, 0.2) is 0 Å². The Labute approximate surface area is 88.2 Å². The van der Waals surface area contributed by atoms with Crippen molar-refractivity contribution in [2.45, 2.75) is 58.7 Å². The Morgan fingerprint density at radius 3 is 2.50 bits per heavy atom. The highest BCUT2D eigenvalue weighted by Crippen LogP contribution is 2.39. The molecule has 14 heavy (non-hydrogen) atoms. The molecule has 3 atom stereocenters. The molecule has 2 N–H and O–H groups in total. The van der Waals surface area contributed by atoms with Crippen LogP contribution < -0.4 is 5.73 Å². The van der Waals surface area contributed by atoms with Gasteiger partial charge in [-0.15, -0.1) is 0 Å². The Bertz CT molecular complexity index is 177. The van der Waals surface area contributed by atoms with E-state index < -0.39 is 0 Å². The molecule has 0 aromatic heterocycles. The first-order valence-corrected chi connectivity index (χ1v) is 5.88. The Kier molecular flexibility index (Phi) is 3.96. The fraction of sp³-hybridized carbons (Fsp3) is 1.00. The van der Waals surface area contributed by atoms with Gasteiger partial charge in [0.15, 0.2) is 0 Å². The lowest BCUT2D eigenvalue weighted by Gasteiger charge is -2.45. The number of hydrogen-bond acceptors (Lipinski definition) is 2. The van der Waals surface area contributed by atoms with Crippen molar-refractivity contribution in [3.63, 3.8) is 0 Å². The molecule has 0 radical (unpaired) electrons. The van der Waals surface area contributed by atoms with Crippen LogP contribution in [0.5, 0.6) is 0 Å². The van der Waals surface area contributed by atoms with Crippen LogP contribution in [-0.4, -0.2) is 18.2 Å². The SMILES string of the molecule is CC1CCC(C)C(CN)(OC(C)C)C1. The number of ether oxygens (including phenoxy) is 1. The van der Waals surface area contributed by atoms with Gasteiger partial charge in [-0.05, 0) is 38.5 Å². The maximum absolute atomic E-state index is 6.09. The minimum absolute atomic E-state index is 0.0498. The van der Waals surface area contributed by atoms with E-state index in [2.05, 4.69) is 27.7 Å². The molecule has 0 bridgehead atoms. The van der Waals surface area contributed by atoms with Crippen LogP contribution in [0.4, 0.5) is 0 Å². The molecule has 1 aliphatic carbocycles. The molecule has 0 spiro atoms. The second kappa shape index (κ2) is 4.63. The number of rotatable bonds is 3. The average molecular weight is 199 g/mol. The van der Waals surface area contributed by atoms with Crippen LogP contribution >= 0.6 is 0 Å². The van der Waals surface area contributed by atoms with E-state index in [1.54, 1.807) is 0 Å². The zero-order valence-electron chi connectivity index (χ0n) is 10.0. The van der Waals surface area contributed by atoms with Gasteiger partial charge in [0.05, 0.1) is 11.7 Å². The second-order valence-electron chi connectivity index (χ2n) is 5.22. The molecule has 1 aliphatic rings. The quantitative estimate of drug-likeness (QED) is 0.758. The van der Waals surface area contributed by atoms with E-state index in [1.165, 1.54) is 12.8 Å². The van der Waals surface area contributed by atoms with Crippen LogP contribution in [0.3, 0.4) is 0 Å². The molecule has 2 heteroatoms. The Balaban J connectivity index is 2.72. The lowest BCUT2D eigenvalue weighted by molar-refractivity contribution is -0.133. The highest BCUT2D eigenvalue weighted by Gasteiger charge is 2.41. The first kappa shape index (κ1) is 12.0. The molecule has 1 rings (SSSR count). The molecular weight excluding hydrogens is 174 g/mol. The van der Waals surface area contributed by atoms with Gasteiger partial charge < -0.3 is 10.5 Å². The summed E-state index contributed by atoms with van der Waals surface area (Å²) in [6, 6.07) is 0. The van der Waals surface area contributed by atoms with E-state index in [0.717, 1.165) is 12.3 Å². The van der Waals surface area contributed by atoms with E-state index in [-0.39, 0.29) is 11.7 Å². The van der Waals surface area contributed by atoms with Crippen LogP contribution in [0.25, 0.3) is 0 Å². The van der Waals surface area contributed by atoms with E-state index in [9.17, 15) is 0 Å². The summed E-state index contributed by atoms with van der Waals surface area (Å²) in [4.78, 5) is 0. The molecular formula is C12H25NO. The van der Waals surface area contributed by atoms with Gasteiger partial charge in [0.1, 0.15) is 0 Å². The molecule has 0 aromatic carbocycles. The van der Waals surface area contributed by atoms with Crippen LogP contribution in [0, 0.1) is 11.8 Å². The molecule has 84 valence electrons. The summed E-state index contributed by atoms with van der Waals surface area (Å²) in [5.74, 6) is 1.36. The molecule has 1 fully saturated rings. The predicted molar refractivity (Wildman–Crippen MR) is 60.2 cm³/mol. The van der Waals surface area contributed by atoms with Gasteiger partial charge in [0, 0.05) is 6.54 Å². The highest BCUT2D eigenvalue weighted by atomic mass is 16.5. The zero-order chi connectivity index (χ0) is 10.8. The standard InChI is InChI=1S/C12H25NO/c1-9(2)14-12(8-13)7-10(3)5-6-11(12)4/h9-11H,5-8,13H2,1-4H3. The number of hydrogen-bond donors (Lipinski definition) is 1. The summed E-state index contributed by atoms with van der Waals surface area (Å²) >= 11 is 0. The lowest BCUT2D eigenvalue weighted by atomic mass is 9.72. The van der Waals surface area contributed by atoms with Gasteiger partial charge in [-0.25, -0.2) is 0 Å². The summed E-state index contributed by atoms with van der Waals surface area (Å²) in [5, 5.41) is 0. The van der Waals surface area contributed by atoms with Crippen molar-refractivity contribution in [3.8, 4) is 0 Å². The summed E-state index contributed by atoms with van der Waals surface area (Å²) in [6.07, 6.45) is 3.99. The molecule has 0 amide bonds. The third-order valence-electron chi connectivity index (χ3n) is 3.50. The van der Waals surface area contributed by atoms with Gasteiger partial charge in [-0.3, -0.25) is 0 Å². The third-order valence-corrected chi connectivity index (χ3v) is 3.50. The lowest BCUT2D eigenvalue weighted by Crippen LogP contribution is -2.51. The van der Waals surface area contributed by atoms with Crippen molar-refractivity contribution in [3.05, 3.63) is 0 Å². The minimum Gasteiger partial charge on any atom is -0.371 e. The maximum Gasteiger partial charge on any atom is 0.0835 e. The van der Waals surface area contributed by atoms with Gasteiger partial charge in [-0.1, -0.05) is 20.3 Å². The van der Waals surface area contributed by atoms with Crippen LogP contribution in [0.1, 0.15) is 47.0 Å². The Hall–Kier alpha value is -0.0800. The van der Waals surface area contributed by atoms with Crippen molar-refractivity contribution < 1.29 is 4.74 Å². The van der Waals surface area contributed by atoms with Gasteiger partial charge >= 0.3 is 0 Å². The average Bonchev–Trinajstić information content (AvgIpc) is 2.10. The highest BCUT2D eigenvalue weighted by molar-refractivity contribution is 4.93. The van der Waals surface area contributed by atoms with E-state index in [1.807, 2.05) is 0 Å². The second-order valence-corrected chi connectivity index (χ2v) is 5.22. The smallest absolute Gasteiger partial charge is 0.0835 e. The monoisotopic (exact) mass is 199 g/mol. The van der Waals surface area contributed by atoms with Crippen LogP contribution in [-0.2, 0) is 4.74 Å². The van der Waals surface area contributed by atoms with E-state index >= 15 is 0 Å². The van der Waals surface area contributed by atoms with Crippen molar-refractivity contribution >= 4 is 0 Å². The summed E-state index contributed by atoms with van der Waals surface area (Å²) in [6.45, 7) is 9.45. The Morgan fingerprint density at radius 1 is 1.36 bits per heavy atom. The van der Waals surface area contributed by atoms with E-state index in [0.29, 0.717) is 12.5 Å². The van der Waals surface area contributed by atoms with Crippen molar-refractivity contribution in [2.75, 3.05) is 6.54 Å². The van der Waals surface area contributed by atoms with Gasteiger partial charge in [0.2, 0.25) is 0 Å². The summed E-state index contributed by atoms with van der Waals surface area (Å²) < 4.78 is 6.09. The molecule has 0 aromatic rings. The molecule has 0 saturated heterocycles. The molecule has 1 saturated carbocycles. The number of nitrogens with two attached hydrogens (primary N) is 1. The van der Waals surface area contributed by atoms with E-state index in [4.69, 9.17) is 10.5 Å². The topological polar surface area (TPSA) is 35.2 Å². The van der Waals surface area contributed by atoms with Crippen molar-refractivity contribution in [1.82, 2.24) is 0 Å². The maximum atomic E-state index is 6.09. The van der Waals surface area contributed by atoms with Gasteiger partial charge in [-0.2, -0.15) is 0 Å². The molecule has 3 unspecified atom stereocenters.